The molecule has 0 aliphatic rings. The molecule has 0 saturated carbocycles. The molecule has 0 amide bonds. The fraction of sp³-hybridized carbons (Fsp3) is 0.200. The zero-order valence-corrected chi connectivity index (χ0v) is 12.1. The van der Waals surface area contributed by atoms with Crippen LogP contribution < -0.4 is 0 Å². The second-order valence-corrected chi connectivity index (χ2v) is 5.25. The second kappa shape index (κ2) is 6.35. The van der Waals surface area contributed by atoms with Crippen LogP contribution in [0, 0.1) is 5.82 Å². The summed E-state index contributed by atoms with van der Waals surface area (Å²) in [6.07, 6.45) is 0.844. The topological polar surface area (TPSA) is 0 Å². The fourth-order valence-corrected chi connectivity index (χ4v) is 2.74. The number of alkyl halides is 1. The van der Waals surface area contributed by atoms with Gasteiger partial charge >= 0.3 is 0 Å². The van der Waals surface area contributed by atoms with Gasteiger partial charge in [0.05, 0.1) is 0 Å². The zero-order chi connectivity index (χ0) is 13.0. The molecule has 0 N–H and O–H groups in total. The molecule has 0 bridgehead atoms. The first-order valence-corrected chi connectivity index (χ1v) is 7.25. The fourth-order valence-electron chi connectivity index (χ4n) is 1.93. The lowest BCUT2D eigenvalue weighted by atomic mass is 9.94. The smallest absolute Gasteiger partial charge is 0.123 e. The first kappa shape index (κ1) is 13.6. The van der Waals surface area contributed by atoms with Gasteiger partial charge in [-0.1, -0.05) is 57.9 Å². The summed E-state index contributed by atoms with van der Waals surface area (Å²) in [5, 5.41) is 1.61. The molecule has 0 spiro atoms. The van der Waals surface area contributed by atoms with Crippen molar-refractivity contribution < 1.29 is 4.39 Å². The average Bonchev–Trinajstić information content (AvgIpc) is 2.39. The van der Waals surface area contributed by atoms with Crippen LogP contribution in [0.4, 0.5) is 4.39 Å². The summed E-state index contributed by atoms with van der Waals surface area (Å²) in [7, 11) is 0. The zero-order valence-electron chi connectivity index (χ0n) is 9.74. The van der Waals surface area contributed by atoms with Gasteiger partial charge in [0.2, 0.25) is 0 Å². The van der Waals surface area contributed by atoms with Crippen molar-refractivity contribution in [3.63, 3.8) is 0 Å². The monoisotopic (exact) mass is 326 g/mol. The summed E-state index contributed by atoms with van der Waals surface area (Å²) in [5.74, 6) is 0.0929. The maximum atomic E-state index is 12.9. The van der Waals surface area contributed by atoms with Crippen molar-refractivity contribution in [2.24, 2.45) is 0 Å². The summed E-state index contributed by atoms with van der Waals surface area (Å²) in [5.41, 5.74) is 2.24. The Hall–Kier alpha value is -0.860. The van der Waals surface area contributed by atoms with Crippen molar-refractivity contribution in [2.75, 3.05) is 5.33 Å². The summed E-state index contributed by atoms with van der Waals surface area (Å²) in [6, 6.07) is 14.5. The van der Waals surface area contributed by atoms with E-state index in [-0.39, 0.29) is 5.82 Å². The predicted octanol–water partition coefficient (Wildman–Crippen LogP) is 5.20. The minimum atomic E-state index is -0.204. The lowest BCUT2D eigenvalue weighted by molar-refractivity contribution is 0.625. The van der Waals surface area contributed by atoms with Crippen LogP contribution in [0.1, 0.15) is 17.0 Å². The summed E-state index contributed by atoms with van der Waals surface area (Å²) < 4.78 is 12.9. The van der Waals surface area contributed by atoms with E-state index in [2.05, 4.69) is 15.9 Å². The Kier molecular flexibility index (Phi) is 4.79. The standard InChI is InChI=1S/C15H13BrClF/c16-10-13(11-5-7-14(18)8-6-11)9-12-3-1-2-4-15(12)17/h1-8,13H,9-10H2. The van der Waals surface area contributed by atoms with Gasteiger partial charge in [-0.15, -0.1) is 0 Å². The average molecular weight is 328 g/mol. The minimum Gasteiger partial charge on any atom is -0.207 e. The molecule has 3 heteroatoms. The van der Waals surface area contributed by atoms with E-state index in [1.807, 2.05) is 36.4 Å². The van der Waals surface area contributed by atoms with Gasteiger partial charge in [0.1, 0.15) is 5.82 Å². The molecule has 2 rings (SSSR count). The van der Waals surface area contributed by atoms with Gasteiger partial charge in [-0.05, 0) is 41.7 Å². The maximum absolute atomic E-state index is 12.9. The van der Waals surface area contributed by atoms with Crippen LogP contribution >= 0.6 is 27.5 Å². The van der Waals surface area contributed by atoms with Gasteiger partial charge in [-0.3, -0.25) is 0 Å². The van der Waals surface area contributed by atoms with Crippen molar-refractivity contribution >= 4 is 27.5 Å². The van der Waals surface area contributed by atoms with E-state index >= 15 is 0 Å². The number of hydrogen-bond donors (Lipinski definition) is 0. The molecule has 0 heterocycles. The lowest BCUT2D eigenvalue weighted by Crippen LogP contribution is -2.05. The van der Waals surface area contributed by atoms with Gasteiger partial charge < -0.3 is 0 Å². The lowest BCUT2D eigenvalue weighted by Gasteiger charge is -2.15. The molecule has 2 aromatic carbocycles. The first-order chi connectivity index (χ1) is 8.70. The largest absolute Gasteiger partial charge is 0.207 e. The SMILES string of the molecule is Fc1ccc(C(CBr)Cc2ccccc2Cl)cc1. The molecule has 94 valence electrons. The molecule has 0 saturated heterocycles. The van der Waals surface area contributed by atoms with Crippen LogP contribution in [-0.4, -0.2) is 5.33 Å². The van der Waals surface area contributed by atoms with E-state index in [1.54, 1.807) is 0 Å². The van der Waals surface area contributed by atoms with E-state index in [0.717, 1.165) is 27.9 Å². The summed E-state index contributed by atoms with van der Waals surface area (Å²) >= 11 is 9.68. The van der Waals surface area contributed by atoms with E-state index in [0.29, 0.717) is 5.92 Å². The Morgan fingerprint density at radius 1 is 1.06 bits per heavy atom. The molecule has 2 aromatic rings. The van der Waals surface area contributed by atoms with Crippen molar-refractivity contribution in [3.05, 3.63) is 70.5 Å². The van der Waals surface area contributed by atoms with Crippen LogP contribution in [0.2, 0.25) is 5.02 Å². The molecular formula is C15H13BrClF. The van der Waals surface area contributed by atoms with Crippen molar-refractivity contribution in [1.82, 2.24) is 0 Å². The Morgan fingerprint density at radius 3 is 2.33 bits per heavy atom. The molecule has 18 heavy (non-hydrogen) atoms. The van der Waals surface area contributed by atoms with Gasteiger partial charge in [-0.25, -0.2) is 4.39 Å². The predicted molar refractivity (Wildman–Crippen MR) is 78.1 cm³/mol. The van der Waals surface area contributed by atoms with Crippen LogP contribution in [-0.2, 0) is 6.42 Å². The first-order valence-electron chi connectivity index (χ1n) is 5.75. The van der Waals surface area contributed by atoms with Crippen LogP contribution in [0.15, 0.2) is 48.5 Å². The molecule has 0 aliphatic heterocycles. The third kappa shape index (κ3) is 3.33. The molecule has 0 aliphatic carbocycles. The van der Waals surface area contributed by atoms with Gasteiger partial charge in [-0.2, -0.15) is 0 Å². The van der Waals surface area contributed by atoms with E-state index < -0.39 is 0 Å². The number of benzene rings is 2. The Bertz CT molecular complexity index is 510. The highest BCUT2D eigenvalue weighted by Gasteiger charge is 2.12. The Balaban J connectivity index is 2.20. The van der Waals surface area contributed by atoms with Crippen molar-refractivity contribution in [2.45, 2.75) is 12.3 Å². The molecule has 1 unspecified atom stereocenters. The van der Waals surface area contributed by atoms with E-state index in [1.165, 1.54) is 12.1 Å². The van der Waals surface area contributed by atoms with Crippen LogP contribution in [0.3, 0.4) is 0 Å². The summed E-state index contributed by atoms with van der Waals surface area (Å²) in [4.78, 5) is 0. The molecule has 0 fully saturated rings. The van der Waals surface area contributed by atoms with Crippen molar-refractivity contribution in [3.8, 4) is 0 Å². The molecule has 0 radical (unpaired) electrons. The number of hydrogen-bond acceptors (Lipinski definition) is 0. The normalized spacial score (nSPS) is 12.4. The number of rotatable bonds is 4. The summed E-state index contributed by atoms with van der Waals surface area (Å²) in [6.45, 7) is 0. The Labute approximate surface area is 120 Å². The van der Waals surface area contributed by atoms with Gasteiger partial charge in [0.15, 0.2) is 0 Å². The minimum absolute atomic E-state index is 0.204. The third-order valence-corrected chi connectivity index (χ3v) is 4.10. The van der Waals surface area contributed by atoms with Gasteiger partial charge in [0.25, 0.3) is 0 Å². The highest BCUT2D eigenvalue weighted by atomic mass is 79.9. The van der Waals surface area contributed by atoms with Crippen LogP contribution in [0.25, 0.3) is 0 Å². The number of halogens is 3. The highest BCUT2D eigenvalue weighted by Crippen LogP contribution is 2.26. The quantitative estimate of drug-likeness (QED) is 0.677. The third-order valence-electron chi connectivity index (χ3n) is 2.95. The molecule has 0 nitrogen and oxygen atoms in total. The highest BCUT2D eigenvalue weighted by molar-refractivity contribution is 9.09. The maximum Gasteiger partial charge on any atom is 0.123 e. The van der Waals surface area contributed by atoms with Crippen LogP contribution in [0.5, 0.6) is 0 Å². The Morgan fingerprint density at radius 2 is 1.72 bits per heavy atom. The molecule has 0 aromatic heterocycles. The molecule has 1 atom stereocenters. The van der Waals surface area contributed by atoms with E-state index in [4.69, 9.17) is 11.6 Å². The van der Waals surface area contributed by atoms with Gasteiger partial charge in [0, 0.05) is 10.4 Å². The molecular weight excluding hydrogens is 315 g/mol. The second-order valence-electron chi connectivity index (χ2n) is 4.20. The van der Waals surface area contributed by atoms with Crippen molar-refractivity contribution in [1.29, 1.82) is 0 Å². The van der Waals surface area contributed by atoms with E-state index in [9.17, 15) is 4.39 Å².